The van der Waals surface area contributed by atoms with Crippen molar-refractivity contribution in [2.45, 2.75) is 24.7 Å². The Morgan fingerprint density at radius 3 is 2.46 bits per heavy atom. The van der Waals surface area contributed by atoms with Crippen LogP contribution in [0.2, 0.25) is 5.02 Å². The summed E-state index contributed by atoms with van der Waals surface area (Å²) in [6.45, 7) is 1.92. The maximum absolute atomic E-state index is 13.0. The molecule has 0 radical (unpaired) electrons. The van der Waals surface area contributed by atoms with Crippen LogP contribution in [0.5, 0.6) is 0 Å². The maximum atomic E-state index is 13.0. The fraction of sp³-hybridized carbons (Fsp3) is 0.222. The molecule has 0 atom stereocenters. The van der Waals surface area contributed by atoms with Crippen molar-refractivity contribution in [3.05, 3.63) is 64.8 Å². The molecule has 24 heavy (non-hydrogen) atoms. The molecule has 0 fully saturated rings. The van der Waals surface area contributed by atoms with E-state index in [1.165, 1.54) is 3.97 Å². The van der Waals surface area contributed by atoms with Crippen molar-refractivity contribution in [2.24, 2.45) is 0 Å². The summed E-state index contributed by atoms with van der Waals surface area (Å²) in [5.74, 6) is 0.526. The number of aryl methyl sites for hydroxylation is 2. The van der Waals surface area contributed by atoms with Gasteiger partial charge in [0.15, 0.2) is 0 Å². The van der Waals surface area contributed by atoms with E-state index in [4.69, 9.17) is 23.2 Å². The number of rotatable bonds is 5. The fourth-order valence-corrected chi connectivity index (χ4v) is 4.41. The summed E-state index contributed by atoms with van der Waals surface area (Å²) in [6.07, 6.45) is 3.16. The van der Waals surface area contributed by atoms with Crippen LogP contribution >= 0.6 is 23.2 Å². The zero-order valence-corrected chi connectivity index (χ0v) is 15.5. The second-order valence-electron chi connectivity index (χ2n) is 5.72. The minimum atomic E-state index is -3.66. The first-order valence-corrected chi connectivity index (χ1v) is 9.96. The lowest BCUT2D eigenvalue weighted by Gasteiger charge is -2.08. The first kappa shape index (κ1) is 17.3. The van der Waals surface area contributed by atoms with Crippen LogP contribution in [0.4, 0.5) is 0 Å². The lowest BCUT2D eigenvalue weighted by Crippen LogP contribution is -2.11. The molecule has 1 aromatic heterocycles. The summed E-state index contributed by atoms with van der Waals surface area (Å²) in [4.78, 5) is 0.267. The van der Waals surface area contributed by atoms with Gasteiger partial charge in [-0.05, 0) is 55.7 Å². The Morgan fingerprint density at radius 1 is 1.08 bits per heavy atom. The Kier molecular flexibility index (Phi) is 4.90. The third-order valence-electron chi connectivity index (χ3n) is 3.97. The second kappa shape index (κ2) is 6.79. The van der Waals surface area contributed by atoms with Gasteiger partial charge in [0.2, 0.25) is 0 Å². The molecule has 0 saturated heterocycles. The van der Waals surface area contributed by atoms with Crippen molar-refractivity contribution in [3.8, 4) is 0 Å². The summed E-state index contributed by atoms with van der Waals surface area (Å²) in [7, 11) is -3.66. The molecule has 6 heteroatoms. The van der Waals surface area contributed by atoms with E-state index >= 15 is 0 Å². The lowest BCUT2D eigenvalue weighted by molar-refractivity contribution is 0.589. The van der Waals surface area contributed by atoms with E-state index < -0.39 is 10.0 Å². The molecule has 0 aliphatic rings. The Labute approximate surface area is 151 Å². The van der Waals surface area contributed by atoms with Crippen molar-refractivity contribution in [2.75, 3.05) is 5.88 Å². The Bertz CT molecular complexity index is 976. The number of hydrogen-bond donors (Lipinski definition) is 0. The SMILES string of the molecule is Cc1ccc(S(=O)(=O)n2cc(CCCCl)c3cc(Cl)ccc32)cc1. The number of nitrogens with zero attached hydrogens (tertiary/aromatic N) is 1. The molecule has 0 spiro atoms. The number of benzene rings is 2. The van der Waals surface area contributed by atoms with E-state index in [0.717, 1.165) is 22.9 Å². The van der Waals surface area contributed by atoms with Gasteiger partial charge in [-0.1, -0.05) is 29.3 Å². The molecule has 3 rings (SSSR count). The largest absolute Gasteiger partial charge is 0.268 e. The van der Waals surface area contributed by atoms with Crippen LogP contribution in [0.3, 0.4) is 0 Å². The van der Waals surface area contributed by atoms with Gasteiger partial charge in [0.1, 0.15) is 0 Å². The number of hydrogen-bond acceptors (Lipinski definition) is 2. The fourth-order valence-electron chi connectivity index (χ4n) is 2.72. The molecule has 0 N–H and O–H groups in total. The highest BCUT2D eigenvalue weighted by molar-refractivity contribution is 7.90. The highest BCUT2D eigenvalue weighted by Gasteiger charge is 2.21. The van der Waals surface area contributed by atoms with Crippen LogP contribution in [0.1, 0.15) is 17.5 Å². The molecule has 1 heterocycles. The minimum absolute atomic E-state index is 0.267. The number of halogens is 2. The van der Waals surface area contributed by atoms with E-state index in [-0.39, 0.29) is 4.90 Å². The summed E-state index contributed by atoms with van der Waals surface area (Å²) in [5, 5.41) is 1.43. The molecule has 0 amide bonds. The van der Waals surface area contributed by atoms with Crippen molar-refractivity contribution in [3.63, 3.8) is 0 Å². The van der Waals surface area contributed by atoms with Crippen molar-refractivity contribution >= 4 is 44.1 Å². The van der Waals surface area contributed by atoms with Crippen LogP contribution in [0.15, 0.2) is 53.6 Å². The van der Waals surface area contributed by atoms with Crippen LogP contribution in [-0.2, 0) is 16.4 Å². The zero-order chi connectivity index (χ0) is 17.3. The normalized spacial score (nSPS) is 12.0. The smallest absolute Gasteiger partial charge is 0.241 e. The Balaban J connectivity index is 2.20. The summed E-state index contributed by atoms with van der Waals surface area (Å²) in [6, 6.07) is 12.1. The molecule has 126 valence electrons. The summed E-state index contributed by atoms with van der Waals surface area (Å²) >= 11 is 11.9. The third-order valence-corrected chi connectivity index (χ3v) is 6.16. The Morgan fingerprint density at radius 2 is 1.79 bits per heavy atom. The van der Waals surface area contributed by atoms with Gasteiger partial charge in [-0.15, -0.1) is 11.6 Å². The van der Waals surface area contributed by atoms with E-state index in [0.29, 0.717) is 22.8 Å². The van der Waals surface area contributed by atoms with Gasteiger partial charge in [-0.25, -0.2) is 12.4 Å². The predicted molar refractivity (Wildman–Crippen MR) is 99.8 cm³/mol. The van der Waals surface area contributed by atoms with Gasteiger partial charge in [0.05, 0.1) is 10.4 Å². The zero-order valence-electron chi connectivity index (χ0n) is 13.2. The number of alkyl halides is 1. The maximum Gasteiger partial charge on any atom is 0.268 e. The quantitative estimate of drug-likeness (QED) is 0.582. The van der Waals surface area contributed by atoms with E-state index in [2.05, 4.69) is 0 Å². The minimum Gasteiger partial charge on any atom is -0.241 e. The molecular formula is C18H17Cl2NO2S. The molecular weight excluding hydrogens is 365 g/mol. The number of aromatic nitrogens is 1. The topological polar surface area (TPSA) is 39.1 Å². The van der Waals surface area contributed by atoms with Gasteiger partial charge in [-0.2, -0.15) is 0 Å². The summed E-state index contributed by atoms with van der Waals surface area (Å²) < 4.78 is 27.4. The van der Waals surface area contributed by atoms with Gasteiger partial charge >= 0.3 is 0 Å². The summed E-state index contributed by atoms with van der Waals surface area (Å²) in [5.41, 5.74) is 2.58. The molecule has 3 aromatic rings. The third kappa shape index (κ3) is 3.18. The van der Waals surface area contributed by atoms with Crippen molar-refractivity contribution < 1.29 is 8.42 Å². The molecule has 0 aliphatic carbocycles. The van der Waals surface area contributed by atoms with Crippen LogP contribution in [0, 0.1) is 6.92 Å². The van der Waals surface area contributed by atoms with Crippen LogP contribution < -0.4 is 0 Å². The van der Waals surface area contributed by atoms with E-state index in [1.807, 2.05) is 13.0 Å². The Hall–Kier alpha value is -1.49. The average Bonchev–Trinajstić information content (AvgIpc) is 2.92. The monoisotopic (exact) mass is 381 g/mol. The highest BCUT2D eigenvalue weighted by atomic mass is 35.5. The van der Waals surface area contributed by atoms with E-state index in [9.17, 15) is 8.42 Å². The molecule has 0 unspecified atom stereocenters. The predicted octanol–water partition coefficient (Wildman–Crippen LogP) is 5.01. The van der Waals surface area contributed by atoms with Crippen LogP contribution in [-0.4, -0.2) is 18.3 Å². The van der Waals surface area contributed by atoms with E-state index in [1.54, 1.807) is 42.6 Å². The molecule has 0 saturated carbocycles. The van der Waals surface area contributed by atoms with Gasteiger partial charge in [0.25, 0.3) is 10.0 Å². The molecule has 2 aromatic carbocycles. The molecule has 3 nitrogen and oxygen atoms in total. The standard InChI is InChI=1S/C18H17Cl2NO2S/c1-13-4-7-16(8-5-13)24(22,23)21-12-14(3-2-10-19)17-11-15(20)6-9-18(17)21/h4-9,11-12H,2-3,10H2,1H3. The second-order valence-corrected chi connectivity index (χ2v) is 8.35. The van der Waals surface area contributed by atoms with Crippen molar-refractivity contribution in [1.82, 2.24) is 3.97 Å². The molecule has 0 bridgehead atoms. The lowest BCUT2D eigenvalue weighted by atomic mass is 10.1. The van der Waals surface area contributed by atoms with Gasteiger partial charge in [-0.3, -0.25) is 0 Å². The van der Waals surface area contributed by atoms with Crippen molar-refractivity contribution in [1.29, 1.82) is 0 Å². The molecule has 0 aliphatic heterocycles. The number of fused-ring (bicyclic) bond motifs is 1. The van der Waals surface area contributed by atoms with Gasteiger partial charge < -0.3 is 0 Å². The first-order valence-electron chi connectivity index (χ1n) is 7.61. The average molecular weight is 382 g/mol. The highest BCUT2D eigenvalue weighted by Crippen LogP contribution is 2.29. The van der Waals surface area contributed by atoms with Gasteiger partial charge in [0, 0.05) is 22.5 Å². The first-order chi connectivity index (χ1) is 11.4. The van der Waals surface area contributed by atoms with Crippen LogP contribution in [0.25, 0.3) is 10.9 Å².